The molecule has 2 aromatic carbocycles. The third-order valence-electron chi connectivity index (χ3n) is 4.06. The van der Waals surface area contributed by atoms with Crippen molar-refractivity contribution in [3.8, 4) is 17.0 Å². The van der Waals surface area contributed by atoms with Gasteiger partial charge in [-0.1, -0.05) is 12.1 Å². The van der Waals surface area contributed by atoms with Crippen LogP contribution < -0.4 is 15.4 Å². The third-order valence-corrected chi connectivity index (χ3v) is 4.06. The molecule has 0 fully saturated rings. The highest BCUT2D eigenvalue weighted by atomic mass is 19.1. The number of nitrogens with zero attached hydrogens (tertiary/aromatic N) is 1. The van der Waals surface area contributed by atoms with E-state index in [1.807, 2.05) is 18.2 Å². The molecule has 0 aliphatic rings. The highest BCUT2D eigenvalue weighted by molar-refractivity contribution is 5.95. The van der Waals surface area contributed by atoms with E-state index in [2.05, 4.69) is 20.8 Å². The molecule has 29 heavy (non-hydrogen) atoms. The molecule has 3 rings (SSSR count). The van der Waals surface area contributed by atoms with E-state index in [1.165, 1.54) is 0 Å². The summed E-state index contributed by atoms with van der Waals surface area (Å²) in [5.74, 6) is -1.88. The number of carbonyl (C=O) groups excluding carboxylic acids is 2. The Morgan fingerprint density at radius 2 is 1.93 bits per heavy atom. The van der Waals surface area contributed by atoms with Crippen LogP contribution in [0.25, 0.3) is 11.3 Å². The lowest BCUT2D eigenvalue weighted by atomic mass is 10.1. The molecule has 150 valence electrons. The number of rotatable bonds is 7. The first kappa shape index (κ1) is 20.0. The zero-order valence-corrected chi connectivity index (χ0v) is 15.5. The van der Waals surface area contributed by atoms with Gasteiger partial charge in [-0.2, -0.15) is 5.10 Å². The molecular formula is C20H18F2N4O3. The second kappa shape index (κ2) is 8.96. The van der Waals surface area contributed by atoms with Crippen molar-refractivity contribution in [3.63, 3.8) is 0 Å². The van der Waals surface area contributed by atoms with Crippen LogP contribution in [-0.2, 0) is 4.79 Å². The summed E-state index contributed by atoms with van der Waals surface area (Å²) < 4.78 is 31.8. The Labute approximate surface area is 165 Å². The monoisotopic (exact) mass is 400 g/mol. The number of carbonyl (C=O) groups is 2. The number of para-hydroxylation sites is 1. The fraction of sp³-hybridized carbons (Fsp3) is 0.150. The number of aromatic nitrogens is 2. The molecule has 1 heterocycles. The molecule has 9 heteroatoms. The lowest BCUT2D eigenvalue weighted by Gasteiger charge is -2.06. The van der Waals surface area contributed by atoms with Gasteiger partial charge in [0.25, 0.3) is 5.91 Å². The zero-order valence-electron chi connectivity index (χ0n) is 15.5. The number of nitrogens with one attached hydrogen (secondary N) is 3. The van der Waals surface area contributed by atoms with Crippen molar-refractivity contribution in [1.82, 2.24) is 15.5 Å². The smallest absolute Gasteiger partial charge is 0.254 e. The van der Waals surface area contributed by atoms with Crippen molar-refractivity contribution < 1.29 is 23.1 Å². The maximum Gasteiger partial charge on any atom is 0.254 e. The number of hydrogen-bond acceptors (Lipinski definition) is 4. The second-order valence-electron chi connectivity index (χ2n) is 6.05. The molecule has 0 aliphatic carbocycles. The molecule has 3 N–H and O–H groups in total. The molecule has 2 amide bonds. The number of methoxy groups -OCH3 is 1. The molecule has 0 radical (unpaired) electrons. The van der Waals surface area contributed by atoms with Crippen LogP contribution in [0.1, 0.15) is 16.8 Å². The van der Waals surface area contributed by atoms with Gasteiger partial charge < -0.3 is 15.4 Å². The van der Waals surface area contributed by atoms with Crippen LogP contribution in [0.2, 0.25) is 0 Å². The van der Waals surface area contributed by atoms with Crippen LogP contribution >= 0.6 is 0 Å². The molecule has 3 aromatic rings. The molecule has 0 saturated heterocycles. The van der Waals surface area contributed by atoms with Crippen molar-refractivity contribution in [2.45, 2.75) is 6.42 Å². The molecule has 1 aromatic heterocycles. The van der Waals surface area contributed by atoms with E-state index in [1.54, 1.807) is 19.2 Å². The van der Waals surface area contributed by atoms with Gasteiger partial charge in [-0.3, -0.25) is 14.7 Å². The number of H-pyrrole nitrogens is 1. The van der Waals surface area contributed by atoms with Gasteiger partial charge in [-0.15, -0.1) is 0 Å². The third kappa shape index (κ3) is 4.95. The Balaban J connectivity index is 1.52. The van der Waals surface area contributed by atoms with Gasteiger partial charge in [0.05, 0.1) is 18.4 Å². The van der Waals surface area contributed by atoms with Crippen molar-refractivity contribution in [2.24, 2.45) is 0 Å². The van der Waals surface area contributed by atoms with Gasteiger partial charge in [-0.25, -0.2) is 8.78 Å². The molecule has 0 aliphatic heterocycles. The molecule has 0 saturated carbocycles. The minimum atomic E-state index is -0.965. The summed E-state index contributed by atoms with van der Waals surface area (Å²) in [4.78, 5) is 23.9. The van der Waals surface area contributed by atoms with Gasteiger partial charge >= 0.3 is 0 Å². The van der Waals surface area contributed by atoms with Crippen molar-refractivity contribution >= 4 is 17.6 Å². The zero-order chi connectivity index (χ0) is 20.8. The number of benzene rings is 2. The summed E-state index contributed by atoms with van der Waals surface area (Å²) in [5.41, 5.74) is 1.16. The summed E-state index contributed by atoms with van der Waals surface area (Å²) in [6, 6.07) is 11.7. The Morgan fingerprint density at radius 3 is 2.69 bits per heavy atom. The van der Waals surface area contributed by atoms with Crippen LogP contribution in [0.4, 0.5) is 14.6 Å². The lowest BCUT2D eigenvalue weighted by Crippen LogP contribution is -2.28. The predicted octanol–water partition coefficient (Wildman–Crippen LogP) is 3.12. The first-order valence-corrected chi connectivity index (χ1v) is 8.70. The van der Waals surface area contributed by atoms with Gasteiger partial charge in [0, 0.05) is 30.7 Å². The van der Waals surface area contributed by atoms with E-state index in [9.17, 15) is 18.4 Å². The van der Waals surface area contributed by atoms with Crippen molar-refractivity contribution in [3.05, 3.63) is 65.7 Å². The minimum Gasteiger partial charge on any atom is -0.496 e. The van der Waals surface area contributed by atoms with Crippen LogP contribution in [0.3, 0.4) is 0 Å². The highest BCUT2D eigenvalue weighted by Gasteiger charge is 2.14. The first-order valence-electron chi connectivity index (χ1n) is 8.70. The average molecular weight is 400 g/mol. The maximum absolute atomic E-state index is 13.6. The fourth-order valence-electron chi connectivity index (χ4n) is 2.65. The fourth-order valence-corrected chi connectivity index (χ4v) is 2.65. The first-order chi connectivity index (χ1) is 14.0. The molecule has 7 nitrogen and oxygen atoms in total. The highest BCUT2D eigenvalue weighted by Crippen LogP contribution is 2.29. The summed E-state index contributed by atoms with van der Waals surface area (Å²) in [5, 5.41) is 11.9. The summed E-state index contributed by atoms with van der Waals surface area (Å²) >= 11 is 0. The predicted molar refractivity (Wildman–Crippen MR) is 103 cm³/mol. The molecule has 0 bridgehead atoms. The lowest BCUT2D eigenvalue weighted by molar-refractivity contribution is -0.116. The van der Waals surface area contributed by atoms with E-state index in [4.69, 9.17) is 4.74 Å². The van der Waals surface area contributed by atoms with Crippen LogP contribution in [0.5, 0.6) is 5.75 Å². The molecule has 0 atom stereocenters. The van der Waals surface area contributed by atoms with Crippen LogP contribution in [0.15, 0.2) is 48.5 Å². The van der Waals surface area contributed by atoms with Gasteiger partial charge in [0.15, 0.2) is 5.82 Å². The quantitative estimate of drug-likeness (QED) is 0.568. The standard InChI is InChI=1S/C20H18F2N4O3/c1-29-17-5-3-2-4-14(17)16-11-18(26-25-16)24-19(27)8-9-23-20(28)13-7-6-12(21)10-15(13)22/h2-7,10-11H,8-9H2,1H3,(H,23,28)(H2,24,25,26,27). The topological polar surface area (TPSA) is 96.1 Å². The number of anilines is 1. The van der Waals surface area contributed by atoms with Gasteiger partial charge in [0.2, 0.25) is 5.91 Å². The average Bonchev–Trinajstić information content (AvgIpc) is 3.16. The summed E-state index contributed by atoms with van der Waals surface area (Å²) in [7, 11) is 1.56. The Bertz CT molecular complexity index is 1040. The van der Waals surface area contributed by atoms with Crippen molar-refractivity contribution in [1.29, 1.82) is 0 Å². The number of amides is 2. The van der Waals surface area contributed by atoms with Crippen LogP contribution in [0, 0.1) is 11.6 Å². The Kier molecular flexibility index (Phi) is 6.18. The van der Waals surface area contributed by atoms with E-state index < -0.39 is 17.5 Å². The SMILES string of the molecule is COc1ccccc1-c1cc(NC(=O)CCNC(=O)c2ccc(F)cc2F)n[nH]1. The second-order valence-corrected chi connectivity index (χ2v) is 6.05. The van der Waals surface area contributed by atoms with Crippen molar-refractivity contribution in [2.75, 3.05) is 19.0 Å². The largest absolute Gasteiger partial charge is 0.496 e. The molecule has 0 unspecified atom stereocenters. The van der Waals surface area contributed by atoms with Gasteiger partial charge in [0.1, 0.15) is 17.4 Å². The molecule has 0 spiro atoms. The number of ether oxygens (including phenoxy) is 1. The number of hydrogen-bond donors (Lipinski definition) is 3. The Morgan fingerprint density at radius 1 is 1.14 bits per heavy atom. The number of aromatic amines is 1. The number of halogens is 2. The normalized spacial score (nSPS) is 10.4. The van der Waals surface area contributed by atoms with E-state index in [0.29, 0.717) is 23.3 Å². The molecular weight excluding hydrogens is 382 g/mol. The Hall–Kier alpha value is -3.75. The maximum atomic E-state index is 13.6. The van der Waals surface area contributed by atoms with E-state index in [0.717, 1.165) is 17.7 Å². The summed E-state index contributed by atoms with van der Waals surface area (Å²) in [6.45, 7) is -0.0225. The van der Waals surface area contributed by atoms with E-state index >= 15 is 0 Å². The minimum absolute atomic E-state index is 0.0225. The van der Waals surface area contributed by atoms with Gasteiger partial charge in [-0.05, 0) is 24.3 Å². The van der Waals surface area contributed by atoms with Crippen LogP contribution in [-0.4, -0.2) is 35.7 Å². The summed E-state index contributed by atoms with van der Waals surface area (Å²) in [6.07, 6.45) is -0.0502. The van der Waals surface area contributed by atoms with E-state index in [-0.39, 0.29) is 24.4 Å².